The van der Waals surface area contributed by atoms with Gasteiger partial charge in [-0.15, -0.1) is 0 Å². The molecule has 0 fully saturated rings. The molecule has 0 amide bonds. The Hall–Kier alpha value is -2.43. The minimum Gasteiger partial charge on any atom is -0.297 e. The van der Waals surface area contributed by atoms with Gasteiger partial charge in [-0.1, -0.05) is 12.1 Å². The number of aromatic nitrogens is 1. The molecule has 0 aliphatic rings. The van der Waals surface area contributed by atoms with E-state index >= 15 is 0 Å². The Balaban J connectivity index is 2.20. The number of hydrogen-bond donors (Lipinski definition) is 0. The smallest absolute Gasteiger partial charge is 0.297 e. The second kappa shape index (κ2) is 6.47. The number of benzene rings is 2. The summed E-state index contributed by atoms with van der Waals surface area (Å²) >= 11 is 1.91. The van der Waals surface area contributed by atoms with Crippen LogP contribution in [0.4, 0.5) is 24.5 Å². The number of nitro groups is 1. The number of hydrogen-bond acceptors (Lipinski definition) is 3. The van der Waals surface area contributed by atoms with Crippen molar-refractivity contribution in [1.82, 2.24) is 4.57 Å². The molecule has 3 rings (SSSR count). The van der Waals surface area contributed by atoms with Crippen molar-refractivity contribution in [2.75, 3.05) is 0 Å². The van der Waals surface area contributed by atoms with Crippen molar-refractivity contribution in [3.8, 4) is 0 Å². The van der Waals surface area contributed by atoms with Gasteiger partial charge in [0.15, 0.2) is 0 Å². The van der Waals surface area contributed by atoms with Crippen LogP contribution >= 0.6 is 22.6 Å². The van der Waals surface area contributed by atoms with E-state index < -0.39 is 16.9 Å². The zero-order valence-corrected chi connectivity index (χ0v) is 14.5. The van der Waals surface area contributed by atoms with E-state index in [9.17, 15) is 23.3 Å². The third-order valence-corrected chi connectivity index (χ3v) is 4.36. The summed E-state index contributed by atoms with van der Waals surface area (Å²) in [5.74, 6) is -1.11. The molecule has 9 heteroatoms. The Morgan fingerprint density at radius 1 is 1.16 bits per heavy atom. The molecule has 0 bridgehead atoms. The largest absolute Gasteiger partial charge is 0.450 e. The fourth-order valence-corrected chi connectivity index (χ4v) is 2.85. The standard InChI is InChI=1S/C16H9F3IN3O2/c17-16(18,19)15(21-13-4-2-1-3-12(13)20)22-8-7-10-9-11(23(24)25)5-6-14(10)22/h1-9H. The monoisotopic (exact) mass is 459 g/mol. The first-order valence-corrected chi connectivity index (χ1v) is 8.01. The van der Waals surface area contributed by atoms with Gasteiger partial charge in [0, 0.05) is 27.3 Å². The number of halogens is 4. The van der Waals surface area contributed by atoms with Gasteiger partial charge in [-0.3, -0.25) is 14.7 Å². The van der Waals surface area contributed by atoms with Gasteiger partial charge in [-0.2, -0.15) is 13.2 Å². The number of para-hydroxylation sites is 1. The van der Waals surface area contributed by atoms with Crippen LogP contribution < -0.4 is 0 Å². The minimum absolute atomic E-state index is 0.187. The van der Waals surface area contributed by atoms with Crippen molar-refractivity contribution in [3.63, 3.8) is 0 Å². The zero-order valence-electron chi connectivity index (χ0n) is 12.4. The lowest BCUT2D eigenvalue weighted by Gasteiger charge is -2.13. The van der Waals surface area contributed by atoms with Crippen LogP contribution in [0.5, 0.6) is 0 Å². The lowest BCUT2D eigenvalue weighted by Crippen LogP contribution is -2.29. The van der Waals surface area contributed by atoms with E-state index in [0.717, 1.165) is 4.57 Å². The molecule has 0 saturated carbocycles. The minimum atomic E-state index is -4.70. The normalized spacial score (nSPS) is 12.6. The Bertz CT molecular complexity index is 996. The Morgan fingerprint density at radius 2 is 1.88 bits per heavy atom. The Morgan fingerprint density at radius 3 is 2.52 bits per heavy atom. The highest BCUT2D eigenvalue weighted by Crippen LogP contribution is 2.29. The van der Waals surface area contributed by atoms with E-state index in [4.69, 9.17) is 0 Å². The van der Waals surface area contributed by atoms with E-state index in [1.54, 1.807) is 18.2 Å². The van der Waals surface area contributed by atoms with Gasteiger partial charge in [-0.25, -0.2) is 4.99 Å². The fourth-order valence-electron chi connectivity index (χ4n) is 2.34. The first-order chi connectivity index (χ1) is 11.8. The summed E-state index contributed by atoms with van der Waals surface area (Å²) in [7, 11) is 0. The molecule has 2 aromatic carbocycles. The average molecular weight is 459 g/mol. The molecule has 3 aromatic rings. The van der Waals surface area contributed by atoms with E-state index in [2.05, 4.69) is 4.99 Å². The zero-order chi connectivity index (χ0) is 18.2. The quantitative estimate of drug-likeness (QED) is 0.172. The van der Waals surface area contributed by atoms with Crippen molar-refractivity contribution in [3.05, 3.63) is 68.4 Å². The molecule has 0 aliphatic carbocycles. The molecule has 1 aromatic heterocycles. The Labute approximate surface area is 153 Å². The summed E-state index contributed by atoms with van der Waals surface area (Å²) < 4.78 is 42.2. The molecule has 0 radical (unpaired) electrons. The molecule has 0 spiro atoms. The highest BCUT2D eigenvalue weighted by molar-refractivity contribution is 14.1. The lowest BCUT2D eigenvalue weighted by molar-refractivity contribution is -0.384. The molecule has 0 N–H and O–H groups in total. The van der Waals surface area contributed by atoms with Crippen LogP contribution in [0.15, 0.2) is 59.7 Å². The molecule has 5 nitrogen and oxygen atoms in total. The second-order valence-corrected chi connectivity index (χ2v) is 6.23. The summed E-state index contributed by atoms with van der Waals surface area (Å²) in [5, 5.41) is 11.1. The van der Waals surface area contributed by atoms with Gasteiger partial charge in [0.05, 0.1) is 16.1 Å². The molecule has 0 unspecified atom stereocenters. The Kier molecular flexibility index (Phi) is 4.50. The summed E-state index contributed by atoms with van der Waals surface area (Å²) in [5.41, 5.74) is 0.195. The first kappa shape index (κ1) is 17.4. The van der Waals surface area contributed by atoms with E-state index in [-0.39, 0.29) is 16.9 Å². The molecule has 1 heterocycles. The second-order valence-electron chi connectivity index (χ2n) is 5.07. The number of nitro benzene ring substituents is 1. The number of non-ortho nitro benzene ring substituents is 1. The van der Waals surface area contributed by atoms with Crippen LogP contribution in [0.3, 0.4) is 0 Å². The predicted molar refractivity (Wildman–Crippen MR) is 96.3 cm³/mol. The first-order valence-electron chi connectivity index (χ1n) is 6.93. The van der Waals surface area contributed by atoms with Crippen LogP contribution in [-0.2, 0) is 0 Å². The average Bonchev–Trinajstić information content (AvgIpc) is 2.95. The number of aliphatic imine (C=N–C) groups is 1. The SMILES string of the molecule is O=[N+]([O-])c1ccc2c(ccn2C(=Nc2ccccc2I)C(F)(F)F)c1. The summed E-state index contributed by atoms with van der Waals surface area (Å²) in [6.45, 7) is 0. The third kappa shape index (κ3) is 3.50. The lowest BCUT2D eigenvalue weighted by atomic mass is 10.2. The van der Waals surface area contributed by atoms with Crippen LogP contribution in [0.1, 0.15) is 0 Å². The number of fused-ring (bicyclic) bond motifs is 1. The maximum absolute atomic E-state index is 13.6. The van der Waals surface area contributed by atoms with Crippen LogP contribution in [0.25, 0.3) is 10.9 Å². The highest BCUT2D eigenvalue weighted by Gasteiger charge is 2.38. The summed E-state index contributed by atoms with van der Waals surface area (Å²) in [6, 6.07) is 11.5. The van der Waals surface area contributed by atoms with Crippen LogP contribution in [-0.4, -0.2) is 21.5 Å². The fraction of sp³-hybridized carbons (Fsp3) is 0.0625. The van der Waals surface area contributed by atoms with Crippen molar-refractivity contribution in [1.29, 1.82) is 0 Å². The molecule has 0 aliphatic heterocycles. The van der Waals surface area contributed by atoms with Gasteiger partial charge in [-0.05, 0) is 46.9 Å². The predicted octanol–water partition coefficient (Wildman–Crippen LogP) is 5.29. The van der Waals surface area contributed by atoms with Gasteiger partial charge in [0.2, 0.25) is 5.84 Å². The van der Waals surface area contributed by atoms with Gasteiger partial charge >= 0.3 is 6.18 Å². The molecule has 0 atom stereocenters. The van der Waals surface area contributed by atoms with Crippen LogP contribution in [0, 0.1) is 13.7 Å². The topological polar surface area (TPSA) is 60.4 Å². The molecule has 128 valence electrons. The van der Waals surface area contributed by atoms with Crippen molar-refractivity contribution in [2.24, 2.45) is 4.99 Å². The van der Waals surface area contributed by atoms with Crippen molar-refractivity contribution >= 4 is 50.7 Å². The van der Waals surface area contributed by atoms with E-state index in [1.807, 2.05) is 22.6 Å². The van der Waals surface area contributed by atoms with Crippen LogP contribution in [0.2, 0.25) is 0 Å². The van der Waals surface area contributed by atoms with Gasteiger partial charge < -0.3 is 0 Å². The maximum Gasteiger partial charge on any atom is 0.450 e. The molecule has 25 heavy (non-hydrogen) atoms. The molecule has 0 saturated heterocycles. The molecular formula is C16H9F3IN3O2. The third-order valence-electron chi connectivity index (χ3n) is 3.45. The van der Waals surface area contributed by atoms with Crippen molar-refractivity contribution in [2.45, 2.75) is 6.18 Å². The van der Waals surface area contributed by atoms with E-state index in [1.165, 1.54) is 36.5 Å². The maximum atomic E-state index is 13.6. The van der Waals surface area contributed by atoms with Gasteiger partial charge in [0.25, 0.3) is 5.69 Å². The summed E-state index contributed by atoms with van der Waals surface area (Å²) in [6.07, 6.45) is -3.50. The van der Waals surface area contributed by atoms with Gasteiger partial charge in [0.1, 0.15) is 0 Å². The number of nitrogens with zero attached hydrogens (tertiary/aromatic N) is 3. The van der Waals surface area contributed by atoms with E-state index in [0.29, 0.717) is 8.96 Å². The summed E-state index contributed by atoms with van der Waals surface area (Å²) in [4.78, 5) is 14.0. The number of alkyl halides is 3. The number of rotatable bonds is 2. The van der Waals surface area contributed by atoms with Crippen molar-refractivity contribution < 1.29 is 18.1 Å². The molecular weight excluding hydrogens is 450 g/mol. The highest BCUT2D eigenvalue weighted by atomic mass is 127.